The van der Waals surface area contributed by atoms with Gasteiger partial charge in [0.05, 0.1) is 18.6 Å². The first-order valence-electron chi connectivity index (χ1n) is 5.65. The van der Waals surface area contributed by atoms with Gasteiger partial charge in [-0.25, -0.2) is 23.1 Å². The third-order valence-electron chi connectivity index (χ3n) is 2.14. The molecule has 0 fully saturated rings. The van der Waals surface area contributed by atoms with Gasteiger partial charge in [-0.3, -0.25) is 4.79 Å². The van der Waals surface area contributed by atoms with Crippen LogP contribution in [0, 0.1) is 0 Å². The molecule has 0 atom stereocenters. The molecule has 1 amide bonds. The van der Waals surface area contributed by atoms with Gasteiger partial charge in [0, 0.05) is 20.1 Å². The minimum absolute atomic E-state index is 0.218. The Labute approximate surface area is 112 Å². The van der Waals surface area contributed by atoms with E-state index in [1.165, 1.54) is 12.4 Å². The third-order valence-corrected chi connectivity index (χ3v) is 2.87. The van der Waals surface area contributed by atoms with Gasteiger partial charge in [-0.15, -0.1) is 0 Å². The van der Waals surface area contributed by atoms with Crippen LogP contribution in [0.15, 0.2) is 12.4 Å². The topological polar surface area (TPSA) is 113 Å². The van der Waals surface area contributed by atoms with E-state index in [4.69, 9.17) is 0 Å². The molecular formula is C10H17N5O3S. The Morgan fingerprint density at radius 3 is 2.53 bits per heavy atom. The molecule has 0 saturated heterocycles. The lowest BCUT2D eigenvalue weighted by Crippen LogP contribution is -2.29. The SMILES string of the molecule is CNc1cnc(C(=O)NCCCNS(C)(=O)=O)cn1. The maximum absolute atomic E-state index is 11.6. The number of anilines is 1. The third kappa shape index (κ3) is 6.11. The maximum atomic E-state index is 11.6. The molecule has 1 aromatic rings. The zero-order valence-corrected chi connectivity index (χ0v) is 11.6. The quantitative estimate of drug-likeness (QED) is 0.565. The Kier molecular flexibility index (Phi) is 5.64. The molecule has 0 bridgehead atoms. The normalized spacial score (nSPS) is 11.1. The van der Waals surface area contributed by atoms with Crippen molar-refractivity contribution in [2.45, 2.75) is 6.42 Å². The molecule has 0 aliphatic rings. The smallest absolute Gasteiger partial charge is 0.271 e. The van der Waals surface area contributed by atoms with Gasteiger partial charge in [0.15, 0.2) is 0 Å². The molecule has 0 radical (unpaired) electrons. The van der Waals surface area contributed by atoms with Gasteiger partial charge in [0.1, 0.15) is 11.5 Å². The second-order valence-electron chi connectivity index (χ2n) is 3.81. The fraction of sp³-hybridized carbons (Fsp3) is 0.500. The van der Waals surface area contributed by atoms with Crippen LogP contribution in [0.4, 0.5) is 5.82 Å². The van der Waals surface area contributed by atoms with E-state index in [2.05, 4.69) is 25.3 Å². The first kappa shape index (κ1) is 15.3. The van der Waals surface area contributed by atoms with E-state index < -0.39 is 10.0 Å². The Bertz CT molecular complexity index is 514. The van der Waals surface area contributed by atoms with Crippen molar-refractivity contribution in [3.63, 3.8) is 0 Å². The molecule has 0 aliphatic carbocycles. The molecule has 0 unspecified atom stereocenters. The molecule has 1 heterocycles. The number of nitrogens with one attached hydrogen (secondary N) is 3. The van der Waals surface area contributed by atoms with Crippen molar-refractivity contribution >= 4 is 21.7 Å². The van der Waals surface area contributed by atoms with E-state index in [1.807, 2.05) is 0 Å². The summed E-state index contributed by atoms with van der Waals surface area (Å²) in [5.74, 6) is 0.239. The van der Waals surface area contributed by atoms with E-state index in [0.717, 1.165) is 6.26 Å². The fourth-order valence-electron chi connectivity index (χ4n) is 1.21. The standard InChI is InChI=1S/C10H17N5O3S/c1-11-9-7-13-8(6-14-9)10(16)12-4-3-5-15-19(2,17)18/h6-7,15H,3-5H2,1-2H3,(H,11,14)(H,12,16). The van der Waals surface area contributed by atoms with Crippen LogP contribution in [-0.4, -0.2) is 50.7 Å². The van der Waals surface area contributed by atoms with E-state index >= 15 is 0 Å². The first-order valence-corrected chi connectivity index (χ1v) is 7.54. The number of amides is 1. The minimum atomic E-state index is -3.18. The van der Waals surface area contributed by atoms with Gasteiger partial charge >= 0.3 is 0 Å². The van der Waals surface area contributed by atoms with Crippen LogP contribution in [0.25, 0.3) is 0 Å². The van der Waals surface area contributed by atoms with Crippen molar-refractivity contribution in [1.29, 1.82) is 0 Å². The fourth-order valence-corrected chi connectivity index (χ4v) is 1.73. The lowest BCUT2D eigenvalue weighted by atomic mass is 10.4. The number of hydrogen-bond donors (Lipinski definition) is 3. The molecule has 0 spiro atoms. The summed E-state index contributed by atoms with van der Waals surface area (Å²) < 4.78 is 23.9. The van der Waals surface area contributed by atoms with Gasteiger partial charge in [-0.1, -0.05) is 0 Å². The number of hydrogen-bond acceptors (Lipinski definition) is 6. The minimum Gasteiger partial charge on any atom is -0.372 e. The largest absolute Gasteiger partial charge is 0.372 e. The van der Waals surface area contributed by atoms with Crippen molar-refractivity contribution in [2.75, 3.05) is 31.7 Å². The predicted molar refractivity (Wildman–Crippen MR) is 71.4 cm³/mol. The van der Waals surface area contributed by atoms with Crippen LogP contribution >= 0.6 is 0 Å². The second-order valence-corrected chi connectivity index (χ2v) is 5.65. The second kappa shape index (κ2) is 7.00. The summed E-state index contributed by atoms with van der Waals surface area (Å²) in [7, 11) is -1.47. The average Bonchev–Trinajstić information content (AvgIpc) is 2.37. The van der Waals surface area contributed by atoms with Crippen molar-refractivity contribution in [3.8, 4) is 0 Å². The molecule has 3 N–H and O–H groups in total. The highest BCUT2D eigenvalue weighted by atomic mass is 32.2. The van der Waals surface area contributed by atoms with Crippen LogP contribution < -0.4 is 15.4 Å². The summed E-state index contributed by atoms with van der Waals surface area (Å²) in [6.07, 6.45) is 4.42. The Hall–Kier alpha value is -1.74. The van der Waals surface area contributed by atoms with Crippen LogP contribution in [-0.2, 0) is 10.0 Å². The number of carbonyl (C=O) groups is 1. The number of sulfonamides is 1. The predicted octanol–water partition coefficient (Wildman–Crippen LogP) is -0.813. The number of rotatable bonds is 7. The van der Waals surface area contributed by atoms with E-state index in [1.54, 1.807) is 7.05 Å². The first-order chi connectivity index (χ1) is 8.92. The highest BCUT2D eigenvalue weighted by Crippen LogP contribution is 1.99. The van der Waals surface area contributed by atoms with E-state index in [0.29, 0.717) is 18.8 Å². The van der Waals surface area contributed by atoms with Gasteiger partial charge < -0.3 is 10.6 Å². The average molecular weight is 287 g/mol. The zero-order chi connectivity index (χ0) is 14.3. The van der Waals surface area contributed by atoms with Gasteiger partial charge in [0.25, 0.3) is 5.91 Å². The monoisotopic (exact) mass is 287 g/mol. The molecule has 9 heteroatoms. The van der Waals surface area contributed by atoms with Crippen molar-refractivity contribution < 1.29 is 13.2 Å². The number of aromatic nitrogens is 2. The van der Waals surface area contributed by atoms with Crippen molar-refractivity contribution in [1.82, 2.24) is 20.0 Å². The molecule has 1 rings (SSSR count). The summed E-state index contributed by atoms with van der Waals surface area (Å²) >= 11 is 0. The molecule has 0 aliphatic heterocycles. The molecule has 8 nitrogen and oxygen atoms in total. The Balaban J connectivity index is 2.31. The number of carbonyl (C=O) groups excluding carboxylic acids is 1. The molecule has 0 saturated carbocycles. The van der Waals surface area contributed by atoms with Crippen LogP contribution in [0.2, 0.25) is 0 Å². The zero-order valence-electron chi connectivity index (χ0n) is 10.8. The molecule has 19 heavy (non-hydrogen) atoms. The number of nitrogens with zero attached hydrogens (tertiary/aromatic N) is 2. The van der Waals surface area contributed by atoms with Gasteiger partial charge in [-0.05, 0) is 6.42 Å². The van der Waals surface area contributed by atoms with Crippen LogP contribution in [0.1, 0.15) is 16.9 Å². The Morgan fingerprint density at radius 1 is 1.26 bits per heavy atom. The van der Waals surface area contributed by atoms with Crippen molar-refractivity contribution in [2.24, 2.45) is 0 Å². The summed E-state index contributed by atoms with van der Waals surface area (Å²) in [6.45, 7) is 0.639. The van der Waals surface area contributed by atoms with Crippen molar-refractivity contribution in [3.05, 3.63) is 18.1 Å². The van der Waals surface area contributed by atoms with E-state index in [9.17, 15) is 13.2 Å². The summed E-state index contributed by atoms with van der Waals surface area (Å²) in [5, 5.41) is 5.42. The van der Waals surface area contributed by atoms with Gasteiger partial charge in [0.2, 0.25) is 10.0 Å². The lowest BCUT2D eigenvalue weighted by Gasteiger charge is -2.05. The van der Waals surface area contributed by atoms with Gasteiger partial charge in [-0.2, -0.15) is 0 Å². The summed E-state index contributed by atoms with van der Waals surface area (Å²) in [4.78, 5) is 19.5. The molecule has 106 valence electrons. The highest BCUT2D eigenvalue weighted by Gasteiger charge is 2.07. The molecule has 0 aromatic carbocycles. The maximum Gasteiger partial charge on any atom is 0.271 e. The van der Waals surface area contributed by atoms with Crippen LogP contribution in [0.3, 0.4) is 0 Å². The van der Waals surface area contributed by atoms with E-state index in [-0.39, 0.29) is 18.1 Å². The molecule has 1 aromatic heterocycles. The summed E-state index contributed by atoms with van der Waals surface area (Å²) in [5.41, 5.74) is 0.218. The lowest BCUT2D eigenvalue weighted by molar-refractivity contribution is 0.0948. The highest BCUT2D eigenvalue weighted by molar-refractivity contribution is 7.88. The van der Waals surface area contributed by atoms with Crippen LogP contribution in [0.5, 0.6) is 0 Å². The summed E-state index contributed by atoms with van der Waals surface area (Å²) in [6, 6.07) is 0. The molecular weight excluding hydrogens is 270 g/mol. The Morgan fingerprint density at radius 2 is 2.00 bits per heavy atom.